The minimum atomic E-state index is -0.213. The largest absolute Gasteiger partial charge is 0.354 e. The van der Waals surface area contributed by atoms with E-state index in [9.17, 15) is 19.2 Å². The van der Waals surface area contributed by atoms with E-state index in [1.165, 1.54) is 107 Å². The molecule has 0 heterocycles. The third-order valence-electron chi connectivity index (χ3n) is 7.97. The molecular formula is C30H54N4O4S3. The summed E-state index contributed by atoms with van der Waals surface area (Å²) in [6, 6.07) is 0. The van der Waals surface area contributed by atoms with Gasteiger partial charge in [0, 0.05) is 31.4 Å². The maximum atomic E-state index is 13.0. The summed E-state index contributed by atoms with van der Waals surface area (Å²) in [7, 11) is 0. The number of carbonyl (C=O) groups excluding carboxylic acids is 4. The first-order valence-electron chi connectivity index (χ1n) is 15.6. The smallest absolute Gasteiger partial charge is 0.242 e. The van der Waals surface area contributed by atoms with Crippen LogP contribution in [0.25, 0.3) is 0 Å². The molecule has 4 amide bonds. The Bertz CT molecular complexity index is 765. The van der Waals surface area contributed by atoms with Crippen LogP contribution >= 0.6 is 35.3 Å². The van der Waals surface area contributed by atoms with E-state index in [2.05, 4.69) is 16.0 Å². The van der Waals surface area contributed by atoms with Crippen LogP contribution in [-0.4, -0.2) is 96.3 Å². The Kier molecular flexibility index (Phi) is 19.8. The number of rotatable bonds is 15. The Morgan fingerprint density at radius 2 is 1.12 bits per heavy atom. The lowest BCUT2D eigenvalue weighted by molar-refractivity contribution is -0.132. The fraction of sp³-hybridized carbons (Fsp3) is 0.867. The summed E-state index contributed by atoms with van der Waals surface area (Å²) in [5.74, 6) is 2.57. The molecule has 2 aliphatic carbocycles. The summed E-state index contributed by atoms with van der Waals surface area (Å²) in [5.41, 5.74) is 0. The molecule has 8 nitrogen and oxygen atoms in total. The molecule has 0 spiro atoms. The molecule has 3 atom stereocenters. The van der Waals surface area contributed by atoms with Gasteiger partial charge >= 0.3 is 0 Å². The van der Waals surface area contributed by atoms with E-state index in [0.717, 1.165) is 11.8 Å². The molecule has 2 aliphatic rings. The highest BCUT2D eigenvalue weighted by molar-refractivity contribution is 8.00. The summed E-state index contributed by atoms with van der Waals surface area (Å²) in [6.07, 6.45) is 20.9. The van der Waals surface area contributed by atoms with E-state index < -0.39 is 0 Å². The van der Waals surface area contributed by atoms with Crippen LogP contribution in [0.1, 0.15) is 83.5 Å². The summed E-state index contributed by atoms with van der Waals surface area (Å²) < 4.78 is 0. The van der Waals surface area contributed by atoms with Crippen LogP contribution in [0.15, 0.2) is 0 Å². The Hall–Kier alpha value is -1.07. The number of hydrogen-bond acceptors (Lipinski definition) is 7. The number of carbonyl (C=O) groups is 4. The number of nitrogens with one attached hydrogen (secondary N) is 3. The van der Waals surface area contributed by atoms with Crippen LogP contribution in [0, 0.1) is 11.8 Å². The van der Waals surface area contributed by atoms with Crippen LogP contribution in [0.3, 0.4) is 0 Å². The predicted molar refractivity (Wildman–Crippen MR) is 176 cm³/mol. The number of nitrogens with zero attached hydrogens (tertiary/aromatic N) is 1. The first-order valence-corrected chi connectivity index (χ1v) is 19.4. The number of amides is 4. The maximum Gasteiger partial charge on any atom is 0.242 e. The lowest BCUT2D eigenvalue weighted by Crippen LogP contribution is -2.47. The normalized spacial score (nSPS) is 21.9. The van der Waals surface area contributed by atoms with Gasteiger partial charge in [-0.15, -0.1) is 11.8 Å². The number of hydrogen-bond donors (Lipinski definition) is 3. The zero-order valence-electron chi connectivity index (χ0n) is 25.4. The summed E-state index contributed by atoms with van der Waals surface area (Å²) in [6.45, 7) is 1.23. The molecule has 3 unspecified atom stereocenters. The van der Waals surface area contributed by atoms with Crippen molar-refractivity contribution in [3.8, 4) is 0 Å². The molecule has 0 saturated heterocycles. The van der Waals surface area contributed by atoms with Crippen LogP contribution in [-0.2, 0) is 19.2 Å². The van der Waals surface area contributed by atoms with Crippen molar-refractivity contribution in [2.24, 2.45) is 11.8 Å². The summed E-state index contributed by atoms with van der Waals surface area (Å²) >= 11 is 4.63. The van der Waals surface area contributed by atoms with Gasteiger partial charge < -0.3 is 20.9 Å². The Balaban J connectivity index is 1.76. The maximum absolute atomic E-state index is 13.0. The van der Waals surface area contributed by atoms with Gasteiger partial charge in [-0.05, 0) is 43.6 Å². The van der Waals surface area contributed by atoms with Crippen molar-refractivity contribution in [2.45, 2.75) is 88.7 Å². The van der Waals surface area contributed by atoms with E-state index in [4.69, 9.17) is 0 Å². The van der Waals surface area contributed by atoms with Gasteiger partial charge in [0.05, 0.1) is 23.8 Å². The van der Waals surface area contributed by atoms with E-state index in [-0.39, 0.29) is 30.2 Å². The molecule has 0 aromatic heterocycles. The number of fused-ring (bicyclic) bond motifs is 1. The molecule has 236 valence electrons. The average molecular weight is 631 g/mol. The minimum absolute atomic E-state index is 0.0753. The molecule has 2 saturated carbocycles. The topological polar surface area (TPSA) is 108 Å². The third-order valence-corrected chi connectivity index (χ3v) is 10.4. The SMILES string of the molecule is CSCC(=O)NCCN(CCNC(=O)CSC)C(=O)CNC(=O)CSC1CCCCCCCCCC2CC2CCC1. The van der Waals surface area contributed by atoms with Gasteiger partial charge in [-0.3, -0.25) is 19.2 Å². The molecule has 2 rings (SSSR count). The van der Waals surface area contributed by atoms with E-state index in [0.29, 0.717) is 48.7 Å². The van der Waals surface area contributed by atoms with Crippen molar-refractivity contribution in [3.63, 3.8) is 0 Å². The van der Waals surface area contributed by atoms with E-state index in [1.54, 1.807) is 16.7 Å². The van der Waals surface area contributed by atoms with Gasteiger partial charge in [-0.2, -0.15) is 23.5 Å². The zero-order chi connectivity index (χ0) is 29.7. The molecule has 0 aliphatic heterocycles. The molecule has 2 fully saturated rings. The molecule has 11 heteroatoms. The first-order chi connectivity index (χ1) is 19.9. The van der Waals surface area contributed by atoms with Gasteiger partial charge in [0.2, 0.25) is 23.6 Å². The molecule has 3 N–H and O–H groups in total. The Morgan fingerprint density at radius 1 is 0.634 bits per heavy atom. The molecule has 0 radical (unpaired) electrons. The average Bonchev–Trinajstić information content (AvgIpc) is 3.70. The van der Waals surface area contributed by atoms with Crippen LogP contribution in [0.5, 0.6) is 0 Å². The summed E-state index contributed by atoms with van der Waals surface area (Å²) in [5, 5.41) is 8.95. The third kappa shape index (κ3) is 17.6. The minimum Gasteiger partial charge on any atom is -0.354 e. The Morgan fingerprint density at radius 3 is 1.71 bits per heavy atom. The second kappa shape index (κ2) is 22.5. The second-order valence-electron chi connectivity index (χ2n) is 11.4. The van der Waals surface area contributed by atoms with Crippen molar-refractivity contribution in [1.29, 1.82) is 0 Å². The number of thioether (sulfide) groups is 3. The zero-order valence-corrected chi connectivity index (χ0v) is 27.8. The molecule has 0 aromatic rings. The summed E-state index contributed by atoms with van der Waals surface area (Å²) in [4.78, 5) is 50.9. The van der Waals surface area contributed by atoms with Gasteiger partial charge in [-0.25, -0.2) is 0 Å². The highest BCUT2D eigenvalue weighted by Gasteiger charge is 2.35. The van der Waals surface area contributed by atoms with Gasteiger partial charge in [0.15, 0.2) is 0 Å². The molecular weight excluding hydrogens is 577 g/mol. The standard InChI is InChI=1S/C30H54N4O4S3/c1-39-21-27(35)31-15-17-34(18-16-32-28(36)22-40-2)30(38)20-33-29(37)23-41-26-13-9-7-5-3-4-6-8-11-24-19-25(24)12-10-14-26/h24-26H,3-23H2,1-2H3,(H,31,35)(H,32,36)(H,33,37). The van der Waals surface area contributed by atoms with Crippen molar-refractivity contribution >= 4 is 58.9 Å². The first kappa shape index (κ1) is 36.1. The highest BCUT2D eigenvalue weighted by Crippen LogP contribution is 2.46. The monoisotopic (exact) mass is 630 g/mol. The second-order valence-corrected chi connectivity index (χ2v) is 14.4. The van der Waals surface area contributed by atoms with Crippen molar-refractivity contribution in [3.05, 3.63) is 0 Å². The lowest BCUT2D eigenvalue weighted by Gasteiger charge is -2.23. The van der Waals surface area contributed by atoms with Gasteiger partial charge in [-0.1, -0.05) is 64.2 Å². The fourth-order valence-electron chi connectivity index (χ4n) is 5.52. The quantitative estimate of drug-likeness (QED) is 0.247. The molecule has 0 aromatic carbocycles. The van der Waals surface area contributed by atoms with Crippen LogP contribution in [0.4, 0.5) is 0 Å². The van der Waals surface area contributed by atoms with Crippen molar-refractivity contribution in [2.75, 3.05) is 62.5 Å². The van der Waals surface area contributed by atoms with E-state index in [1.807, 2.05) is 12.5 Å². The van der Waals surface area contributed by atoms with Crippen LogP contribution in [0.2, 0.25) is 0 Å². The van der Waals surface area contributed by atoms with E-state index >= 15 is 0 Å². The van der Waals surface area contributed by atoms with Crippen molar-refractivity contribution in [1.82, 2.24) is 20.9 Å². The van der Waals surface area contributed by atoms with Gasteiger partial charge in [0.1, 0.15) is 0 Å². The van der Waals surface area contributed by atoms with Gasteiger partial charge in [0.25, 0.3) is 0 Å². The molecule has 0 bridgehead atoms. The predicted octanol–water partition coefficient (Wildman–Crippen LogP) is 4.32. The van der Waals surface area contributed by atoms with Crippen molar-refractivity contribution < 1.29 is 19.2 Å². The Labute approximate surface area is 261 Å². The fourth-order valence-corrected chi connectivity index (χ4v) is 7.40. The molecule has 41 heavy (non-hydrogen) atoms. The van der Waals surface area contributed by atoms with Crippen LogP contribution < -0.4 is 16.0 Å². The lowest BCUT2D eigenvalue weighted by atomic mass is 10.0. The highest BCUT2D eigenvalue weighted by atomic mass is 32.2.